The fourth-order valence-electron chi connectivity index (χ4n) is 1.96. The van der Waals surface area contributed by atoms with Crippen LogP contribution in [0, 0.1) is 0 Å². The summed E-state index contributed by atoms with van der Waals surface area (Å²) in [4.78, 5) is 16.4. The molecule has 0 aliphatic heterocycles. The van der Waals surface area contributed by atoms with Gasteiger partial charge in [-0.15, -0.1) is 0 Å². The van der Waals surface area contributed by atoms with Gasteiger partial charge in [0.2, 0.25) is 0 Å². The molecule has 0 saturated heterocycles. The van der Waals surface area contributed by atoms with Crippen molar-refractivity contribution in [3.8, 4) is 5.75 Å². The molecule has 0 bridgehead atoms. The average molecular weight is 264 g/mol. The van der Waals surface area contributed by atoms with Crippen molar-refractivity contribution in [3.63, 3.8) is 0 Å². The van der Waals surface area contributed by atoms with Crippen molar-refractivity contribution in [3.05, 3.63) is 66.4 Å². The number of pyridine rings is 1. The summed E-state index contributed by atoms with van der Waals surface area (Å²) < 4.78 is 0. The molecule has 4 heteroatoms. The van der Waals surface area contributed by atoms with Gasteiger partial charge in [0, 0.05) is 22.8 Å². The second-order valence-electron chi connectivity index (χ2n) is 4.41. The van der Waals surface area contributed by atoms with Crippen LogP contribution in [-0.2, 0) is 0 Å². The lowest BCUT2D eigenvalue weighted by molar-refractivity contribution is 0.102. The summed E-state index contributed by atoms with van der Waals surface area (Å²) in [6.45, 7) is 0. The molecule has 98 valence electrons. The second-order valence-corrected chi connectivity index (χ2v) is 4.41. The lowest BCUT2D eigenvalue weighted by Crippen LogP contribution is -2.11. The number of rotatable bonds is 2. The highest BCUT2D eigenvalue weighted by atomic mass is 16.3. The van der Waals surface area contributed by atoms with Gasteiger partial charge in [-0.25, -0.2) is 0 Å². The molecule has 0 radical (unpaired) electrons. The lowest BCUT2D eigenvalue weighted by Gasteiger charge is -2.06. The van der Waals surface area contributed by atoms with E-state index in [0.717, 1.165) is 10.9 Å². The molecule has 1 amide bonds. The summed E-state index contributed by atoms with van der Waals surface area (Å²) in [5.41, 5.74) is 2.06. The monoisotopic (exact) mass is 264 g/mol. The lowest BCUT2D eigenvalue weighted by atomic mass is 10.1. The number of phenols is 1. The summed E-state index contributed by atoms with van der Waals surface area (Å²) in [6, 6.07) is 15.5. The third-order valence-electron chi connectivity index (χ3n) is 2.99. The Labute approximate surface area is 115 Å². The minimum Gasteiger partial charge on any atom is -0.508 e. The third-order valence-corrected chi connectivity index (χ3v) is 2.99. The molecule has 2 aromatic carbocycles. The summed E-state index contributed by atoms with van der Waals surface area (Å²) >= 11 is 0. The molecule has 0 aliphatic rings. The van der Waals surface area contributed by atoms with Crippen molar-refractivity contribution >= 4 is 22.5 Å². The highest BCUT2D eigenvalue weighted by molar-refractivity contribution is 6.06. The van der Waals surface area contributed by atoms with Crippen LogP contribution >= 0.6 is 0 Å². The SMILES string of the molecule is O=C(Nc1ccc(O)cc1)c1ccc2ncccc2c1. The van der Waals surface area contributed by atoms with E-state index in [1.807, 2.05) is 18.2 Å². The average Bonchev–Trinajstić information content (AvgIpc) is 2.49. The van der Waals surface area contributed by atoms with Crippen molar-refractivity contribution in [2.45, 2.75) is 0 Å². The molecule has 0 fully saturated rings. The van der Waals surface area contributed by atoms with E-state index in [1.165, 1.54) is 12.1 Å². The molecule has 0 atom stereocenters. The number of benzene rings is 2. The number of aromatic nitrogens is 1. The first-order chi connectivity index (χ1) is 9.72. The quantitative estimate of drug-likeness (QED) is 0.699. The van der Waals surface area contributed by atoms with Gasteiger partial charge >= 0.3 is 0 Å². The van der Waals surface area contributed by atoms with Crippen LogP contribution in [0.1, 0.15) is 10.4 Å². The zero-order valence-electron chi connectivity index (χ0n) is 10.6. The van der Waals surface area contributed by atoms with Gasteiger partial charge in [-0.1, -0.05) is 6.07 Å². The summed E-state index contributed by atoms with van der Waals surface area (Å²) in [5.74, 6) is -0.0266. The molecular weight excluding hydrogens is 252 g/mol. The molecule has 0 saturated carbocycles. The van der Waals surface area contributed by atoms with Crippen LogP contribution in [0.3, 0.4) is 0 Å². The van der Waals surface area contributed by atoms with Crippen LogP contribution in [0.15, 0.2) is 60.8 Å². The normalized spacial score (nSPS) is 10.4. The number of phenolic OH excluding ortho intramolecular Hbond substituents is 1. The Kier molecular flexibility index (Phi) is 3.05. The van der Waals surface area contributed by atoms with Crippen LogP contribution in [-0.4, -0.2) is 16.0 Å². The van der Waals surface area contributed by atoms with Crippen molar-refractivity contribution < 1.29 is 9.90 Å². The van der Waals surface area contributed by atoms with Gasteiger partial charge in [-0.05, 0) is 48.5 Å². The van der Waals surface area contributed by atoms with Crippen LogP contribution in [0.5, 0.6) is 5.75 Å². The number of anilines is 1. The first-order valence-electron chi connectivity index (χ1n) is 6.17. The maximum absolute atomic E-state index is 12.1. The Hall–Kier alpha value is -2.88. The number of nitrogens with one attached hydrogen (secondary N) is 1. The zero-order valence-corrected chi connectivity index (χ0v) is 10.6. The van der Waals surface area contributed by atoms with E-state index < -0.39 is 0 Å². The van der Waals surface area contributed by atoms with Crippen LogP contribution in [0.25, 0.3) is 10.9 Å². The van der Waals surface area contributed by atoms with Crippen molar-refractivity contribution in [1.29, 1.82) is 0 Å². The van der Waals surface area contributed by atoms with Crippen molar-refractivity contribution in [2.24, 2.45) is 0 Å². The Bertz CT molecular complexity index is 767. The second kappa shape index (κ2) is 5.01. The minimum atomic E-state index is -0.193. The van der Waals surface area contributed by atoms with Gasteiger partial charge in [-0.3, -0.25) is 9.78 Å². The Morgan fingerprint density at radius 1 is 1.05 bits per heavy atom. The fourth-order valence-corrected chi connectivity index (χ4v) is 1.96. The smallest absolute Gasteiger partial charge is 0.255 e. The van der Waals surface area contributed by atoms with E-state index in [9.17, 15) is 9.90 Å². The number of fused-ring (bicyclic) bond motifs is 1. The number of amides is 1. The van der Waals surface area contributed by atoms with E-state index in [0.29, 0.717) is 11.3 Å². The first kappa shape index (κ1) is 12.2. The number of aromatic hydroxyl groups is 1. The fraction of sp³-hybridized carbons (Fsp3) is 0. The molecule has 0 unspecified atom stereocenters. The van der Waals surface area contributed by atoms with E-state index >= 15 is 0 Å². The highest BCUT2D eigenvalue weighted by Gasteiger charge is 2.07. The molecule has 0 spiro atoms. The van der Waals surface area contributed by atoms with E-state index in [-0.39, 0.29) is 11.7 Å². The van der Waals surface area contributed by atoms with Gasteiger partial charge in [0.15, 0.2) is 0 Å². The molecule has 1 aromatic heterocycles. The van der Waals surface area contributed by atoms with E-state index in [1.54, 1.807) is 30.5 Å². The minimum absolute atomic E-state index is 0.166. The van der Waals surface area contributed by atoms with Crippen LogP contribution < -0.4 is 5.32 Å². The predicted molar refractivity (Wildman–Crippen MR) is 77.8 cm³/mol. The van der Waals surface area contributed by atoms with Gasteiger partial charge in [0.05, 0.1) is 5.52 Å². The third kappa shape index (κ3) is 2.44. The van der Waals surface area contributed by atoms with Gasteiger partial charge in [-0.2, -0.15) is 0 Å². The van der Waals surface area contributed by atoms with Gasteiger partial charge in [0.25, 0.3) is 5.91 Å². The maximum Gasteiger partial charge on any atom is 0.255 e. The molecule has 3 aromatic rings. The summed E-state index contributed by atoms with van der Waals surface area (Å²) in [6.07, 6.45) is 1.72. The standard InChI is InChI=1S/C16H12N2O2/c19-14-6-4-13(5-7-14)18-16(20)12-3-8-15-11(10-12)2-1-9-17-15/h1-10,19H,(H,18,20). The molecule has 1 heterocycles. The topological polar surface area (TPSA) is 62.2 Å². The molecular formula is C16H12N2O2. The predicted octanol–water partition coefficient (Wildman–Crippen LogP) is 3.19. The van der Waals surface area contributed by atoms with Crippen LogP contribution in [0.4, 0.5) is 5.69 Å². The number of carbonyl (C=O) groups is 1. The molecule has 4 nitrogen and oxygen atoms in total. The molecule has 0 aliphatic carbocycles. The van der Waals surface area contributed by atoms with Crippen molar-refractivity contribution in [1.82, 2.24) is 4.98 Å². The Morgan fingerprint density at radius 3 is 2.65 bits per heavy atom. The number of hydrogen-bond donors (Lipinski definition) is 2. The highest BCUT2D eigenvalue weighted by Crippen LogP contribution is 2.17. The summed E-state index contributed by atoms with van der Waals surface area (Å²) in [7, 11) is 0. The molecule has 2 N–H and O–H groups in total. The largest absolute Gasteiger partial charge is 0.508 e. The summed E-state index contributed by atoms with van der Waals surface area (Å²) in [5, 5.41) is 12.9. The van der Waals surface area contributed by atoms with Crippen molar-refractivity contribution in [2.75, 3.05) is 5.32 Å². The van der Waals surface area contributed by atoms with E-state index in [2.05, 4.69) is 10.3 Å². The van der Waals surface area contributed by atoms with Gasteiger partial charge < -0.3 is 10.4 Å². The van der Waals surface area contributed by atoms with E-state index in [4.69, 9.17) is 0 Å². The number of hydrogen-bond acceptors (Lipinski definition) is 3. The molecule has 20 heavy (non-hydrogen) atoms. The number of nitrogens with zero attached hydrogens (tertiary/aromatic N) is 1. The number of carbonyl (C=O) groups excluding carboxylic acids is 1. The zero-order chi connectivity index (χ0) is 13.9. The maximum atomic E-state index is 12.1. The first-order valence-corrected chi connectivity index (χ1v) is 6.17. The Morgan fingerprint density at radius 2 is 1.85 bits per heavy atom. The Balaban J connectivity index is 1.86. The van der Waals surface area contributed by atoms with Gasteiger partial charge in [0.1, 0.15) is 5.75 Å². The molecule has 3 rings (SSSR count). The van der Waals surface area contributed by atoms with Crippen LogP contribution in [0.2, 0.25) is 0 Å².